The fourth-order valence-electron chi connectivity index (χ4n) is 2.96. The summed E-state index contributed by atoms with van der Waals surface area (Å²) in [5.74, 6) is 1.26. The first kappa shape index (κ1) is 20.8. The number of sulfonamides is 1. The molecular formula is C20H26N2O4S. The van der Waals surface area contributed by atoms with Crippen LogP contribution in [-0.2, 0) is 10.0 Å². The van der Waals surface area contributed by atoms with Crippen LogP contribution in [0.3, 0.4) is 0 Å². The molecule has 0 saturated heterocycles. The maximum Gasteiger partial charge on any atom is 0.277 e. The van der Waals surface area contributed by atoms with Crippen LogP contribution in [-0.4, -0.2) is 27.8 Å². The number of ether oxygens (including phenoxy) is 2. The van der Waals surface area contributed by atoms with Gasteiger partial charge in [-0.15, -0.1) is 0 Å². The Morgan fingerprint density at radius 1 is 1.00 bits per heavy atom. The summed E-state index contributed by atoms with van der Waals surface area (Å²) in [6.07, 6.45) is 1.43. The zero-order chi connectivity index (χ0) is 20.0. The molecule has 2 aromatic rings. The number of nitrogens with one attached hydrogen (secondary N) is 1. The quantitative estimate of drug-likeness (QED) is 0.550. The van der Waals surface area contributed by atoms with Crippen LogP contribution >= 0.6 is 0 Å². The van der Waals surface area contributed by atoms with Gasteiger partial charge in [-0.3, -0.25) is 0 Å². The van der Waals surface area contributed by atoms with E-state index in [1.807, 2.05) is 32.9 Å². The number of aryl methyl sites for hydroxylation is 3. The van der Waals surface area contributed by atoms with Crippen molar-refractivity contribution in [1.29, 1.82) is 0 Å². The molecule has 146 valence electrons. The number of hydrogen-bond donors (Lipinski definition) is 1. The summed E-state index contributed by atoms with van der Waals surface area (Å²) < 4.78 is 36.4. The van der Waals surface area contributed by atoms with E-state index in [0.717, 1.165) is 5.56 Å². The number of benzene rings is 2. The van der Waals surface area contributed by atoms with Gasteiger partial charge in [0.15, 0.2) is 0 Å². The number of rotatable bonds is 8. The third kappa shape index (κ3) is 5.23. The molecule has 6 nitrogen and oxygen atoms in total. The topological polar surface area (TPSA) is 77.0 Å². The van der Waals surface area contributed by atoms with Crippen molar-refractivity contribution in [3.63, 3.8) is 0 Å². The molecule has 0 spiro atoms. The molecule has 0 saturated carbocycles. The predicted octanol–water partition coefficient (Wildman–Crippen LogP) is 3.72. The summed E-state index contributed by atoms with van der Waals surface area (Å²) >= 11 is 0. The molecule has 2 rings (SSSR count). The smallest absolute Gasteiger partial charge is 0.277 e. The van der Waals surface area contributed by atoms with E-state index < -0.39 is 10.0 Å². The van der Waals surface area contributed by atoms with Crippen molar-refractivity contribution < 1.29 is 17.9 Å². The second kappa shape index (κ2) is 8.90. The normalized spacial score (nSPS) is 11.6. The van der Waals surface area contributed by atoms with Crippen LogP contribution in [0.2, 0.25) is 0 Å². The van der Waals surface area contributed by atoms with Crippen molar-refractivity contribution in [1.82, 2.24) is 4.83 Å². The highest BCUT2D eigenvalue weighted by Gasteiger charge is 2.19. The molecule has 0 atom stereocenters. The van der Waals surface area contributed by atoms with Crippen LogP contribution in [0.5, 0.6) is 11.5 Å². The van der Waals surface area contributed by atoms with E-state index in [2.05, 4.69) is 9.93 Å². The van der Waals surface area contributed by atoms with E-state index in [1.54, 1.807) is 32.0 Å². The molecule has 0 heterocycles. The molecule has 0 radical (unpaired) electrons. The Morgan fingerprint density at radius 2 is 1.63 bits per heavy atom. The van der Waals surface area contributed by atoms with Crippen LogP contribution in [0.1, 0.15) is 36.1 Å². The Morgan fingerprint density at radius 3 is 2.22 bits per heavy atom. The first-order valence-corrected chi connectivity index (χ1v) is 10.3. The van der Waals surface area contributed by atoms with Crippen molar-refractivity contribution >= 4 is 16.2 Å². The first-order valence-electron chi connectivity index (χ1n) is 8.80. The van der Waals surface area contributed by atoms with Crippen molar-refractivity contribution in [3.8, 4) is 11.5 Å². The van der Waals surface area contributed by atoms with Gasteiger partial charge in [-0.25, -0.2) is 4.83 Å². The Balaban J connectivity index is 2.26. The maximum atomic E-state index is 12.6. The van der Waals surface area contributed by atoms with Crippen LogP contribution in [0, 0.1) is 20.8 Å². The molecule has 0 aliphatic rings. The molecule has 1 N–H and O–H groups in total. The molecule has 0 fully saturated rings. The van der Waals surface area contributed by atoms with Crippen LogP contribution in [0.4, 0.5) is 0 Å². The average molecular weight is 391 g/mol. The van der Waals surface area contributed by atoms with Gasteiger partial charge >= 0.3 is 0 Å². The van der Waals surface area contributed by atoms with Gasteiger partial charge in [0.2, 0.25) is 0 Å². The molecule has 0 aliphatic heterocycles. The SMILES string of the molecule is CCOc1ccc(/C=N/NS(=O)(=O)c2c(C)cc(C)cc2C)c(OCC)c1. The van der Waals surface area contributed by atoms with Gasteiger partial charge in [0, 0.05) is 11.6 Å². The third-order valence-corrected chi connectivity index (χ3v) is 5.37. The molecule has 0 aromatic heterocycles. The fraction of sp³-hybridized carbons (Fsp3) is 0.350. The van der Waals surface area contributed by atoms with Gasteiger partial charge in [0.1, 0.15) is 11.5 Å². The molecule has 0 aliphatic carbocycles. The molecule has 2 aromatic carbocycles. The second-order valence-corrected chi connectivity index (χ2v) is 7.74. The van der Waals surface area contributed by atoms with Gasteiger partial charge in [-0.2, -0.15) is 13.5 Å². The lowest BCUT2D eigenvalue weighted by Crippen LogP contribution is -2.20. The standard InChI is InChI=1S/C20H26N2O4S/c1-6-25-18-9-8-17(19(12-18)26-7-2)13-21-22-27(23,24)20-15(4)10-14(3)11-16(20)5/h8-13,22H,6-7H2,1-5H3/b21-13+. The van der Waals surface area contributed by atoms with Gasteiger partial charge in [0.05, 0.1) is 24.3 Å². The summed E-state index contributed by atoms with van der Waals surface area (Å²) in [6, 6.07) is 9.00. The third-order valence-electron chi connectivity index (χ3n) is 3.85. The van der Waals surface area contributed by atoms with Gasteiger partial charge < -0.3 is 9.47 Å². The summed E-state index contributed by atoms with van der Waals surface area (Å²) in [5, 5.41) is 3.93. The Hall–Kier alpha value is -2.54. The van der Waals surface area contributed by atoms with E-state index in [0.29, 0.717) is 41.4 Å². The Bertz CT molecular complexity index is 914. The van der Waals surface area contributed by atoms with Gasteiger partial charge in [0.25, 0.3) is 10.0 Å². The van der Waals surface area contributed by atoms with Crippen molar-refractivity contribution in [2.75, 3.05) is 13.2 Å². The monoisotopic (exact) mass is 390 g/mol. The van der Waals surface area contributed by atoms with E-state index in [9.17, 15) is 8.42 Å². The maximum absolute atomic E-state index is 12.6. The number of hydrogen-bond acceptors (Lipinski definition) is 5. The highest BCUT2D eigenvalue weighted by atomic mass is 32.2. The minimum atomic E-state index is -3.76. The van der Waals surface area contributed by atoms with E-state index in [-0.39, 0.29) is 4.90 Å². The lowest BCUT2D eigenvalue weighted by molar-refractivity contribution is 0.323. The zero-order valence-electron chi connectivity index (χ0n) is 16.4. The van der Waals surface area contributed by atoms with Gasteiger partial charge in [-0.05, 0) is 57.9 Å². The van der Waals surface area contributed by atoms with E-state index in [4.69, 9.17) is 9.47 Å². The first-order chi connectivity index (χ1) is 12.8. The molecule has 27 heavy (non-hydrogen) atoms. The summed E-state index contributed by atoms with van der Waals surface area (Å²) in [4.78, 5) is 2.54. The Labute approximate surface area is 161 Å². The van der Waals surface area contributed by atoms with Crippen LogP contribution < -0.4 is 14.3 Å². The second-order valence-electron chi connectivity index (χ2n) is 6.15. The fourth-order valence-corrected chi connectivity index (χ4v) is 4.21. The molecule has 7 heteroatoms. The van der Waals surface area contributed by atoms with E-state index in [1.165, 1.54) is 6.21 Å². The lowest BCUT2D eigenvalue weighted by Gasteiger charge is -2.12. The molecule has 0 unspecified atom stereocenters. The zero-order valence-corrected chi connectivity index (χ0v) is 17.2. The number of hydrazone groups is 1. The minimum Gasteiger partial charge on any atom is -0.494 e. The summed E-state index contributed by atoms with van der Waals surface area (Å²) in [6.45, 7) is 10.3. The van der Waals surface area contributed by atoms with Crippen molar-refractivity contribution in [2.45, 2.75) is 39.5 Å². The molecule has 0 bridgehead atoms. The lowest BCUT2D eigenvalue weighted by atomic mass is 10.1. The largest absolute Gasteiger partial charge is 0.494 e. The highest BCUT2D eigenvalue weighted by Crippen LogP contribution is 2.24. The van der Waals surface area contributed by atoms with Crippen molar-refractivity contribution in [3.05, 3.63) is 52.6 Å². The predicted molar refractivity (Wildman–Crippen MR) is 107 cm³/mol. The highest BCUT2D eigenvalue weighted by molar-refractivity contribution is 7.89. The van der Waals surface area contributed by atoms with Crippen LogP contribution in [0.25, 0.3) is 0 Å². The van der Waals surface area contributed by atoms with Crippen molar-refractivity contribution in [2.24, 2.45) is 5.10 Å². The molecule has 0 amide bonds. The Kier molecular flexibility index (Phi) is 6.85. The number of nitrogens with zero attached hydrogens (tertiary/aromatic N) is 1. The summed E-state index contributed by atoms with van der Waals surface area (Å²) in [7, 11) is -3.76. The summed E-state index contributed by atoms with van der Waals surface area (Å²) in [5.41, 5.74) is 3.04. The minimum absolute atomic E-state index is 0.252. The van der Waals surface area contributed by atoms with Crippen LogP contribution in [0.15, 0.2) is 40.3 Å². The van der Waals surface area contributed by atoms with E-state index >= 15 is 0 Å². The molecular weight excluding hydrogens is 364 g/mol. The van der Waals surface area contributed by atoms with Gasteiger partial charge in [-0.1, -0.05) is 17.7 Å². The average Bonchev–Trinajstić information content (AvgIpc) is 2.56.